The third kappa shape index (κ3) is 6.80. The van der Waals surface area contributed by atoms with Crippen molar-refractivity contribution in [1.82, 2.24) is 10.3 Å². The summed E-state index contributed by atoms with van der Waals surface area (Å²) in [6.45, 7) is 7.85. The third-order valence-corrected chi connectivity index (χ3v) is 4.94. The predicted octanol–water partition coefficient (Wildman–Crippen LogP) is 4.12. The Morgan fingerprint density at radius 1 is 1.16 bits per heavy atom. The molecule has 0 aliphatic heterocycles. The van der Waals surface area contributed by atoms with Crippen molar-refractivity contribution in [2.45, 2.75) is 50.6 Å². The Morgan fingerprint density at radius 2 is 1.77 bits per heavy atom. The summed E-state index contributed by atoms with van der Waals surface area (Å²) in [6.07, 6.45) is -0.467. The molecule has 0 saturated heterocycles. The molecular weight excluding hydrogens is 414 g/mol. The van der Waals surface area contributed by atoms with Gasteiger partial charge in [-0.3, -0.25) is 0 Å². The minimum atomic E-state index is -0.543. The molecule has 1 amide bonds. The predicted molar refractivity (Wildman–Crippen MR) is 118 cm³/mol. The van der Waals surface area contributed by atoms with Crippen LogP contribution in [0.1, 0.15) is 49.9 Å². The van der Waals surface area contributed by atoms with Crippen LogP contribution in [-0.2, 0) is 17.0 Å². The van der Waals surface area contributed by atoms with Crippen LogP contribution in [0.5, 0.6) is 5.75 Å². The number of ether oxygens (including phenoxy) is 2. The number of carbonyl (C=O) groups is 1. The van der Waals surface area contributed by atoms with Crippen LogP contribution in [0.25, 0.3) is 0 Å². The van der Waals surface area contributed by atoms with E-state index in [2.05, 4.69) is 16.4 Å². The average molecular weight is 440 g/mol. The maximum Gasteiger partial charge on any atom is 0.407 e. The van der Waals surface area contributed by atoms with Gasteiger partial charge in [0, 0.05) is 12.3 Å². The fourth-order valence-electron chi connectivity index (χ4n) is 2.55. The summed E-state index contributed by atoms with van der Waals surface area (Å²) in [5.41, 5.74) is 7.55. The zero-order chi connectivity index (χ0) is 23.0. The number of alkyl carbamates (subject to hydrolysis) is 1. The van der Waals surface area contributed by atoms with E-state index in [-0.39, 0.29) is 22.7 Å². The van der Waals surface area contributed by atoms with Gasteiger partial charge in [-0.1, -0.05) is 24.3 Å². The standard InChI is InChI=1S/C22H25N5O3S/c1-5-29-18-16(10-23)19(25)27-20(17(18)11-24)31-13-15-8-6-14(7-9-15)12-26-21(28)30-22(2,3)4/h6-9H,5,12-13H2,1-4H3,(H2,25,27)(H,26,28). The van der Waals surface area contributed by atoms with Crippen LogP contribution >= 0.6 is 11.8 Å². The van der Waals surface area contributed by atoms with E-state index in [0.717, 1.165) is 11.1 Å². The zero-order valence-electron chi connectivity index (χ0n) is 18.0. The summed E-state index contributed by atoms with van der Waals surface area (Å²) < 4.78 is 10.7. The number of thioether (sulfide) groups is 1. The Bertz CT molecular complexity index is 1020. The number of nitrogens with one attached hydrogen (secondary N) is 1. The van der Waals surface area contributed by atoms with E-state index in [1.807, 2.05) is 51.1 Å². The van der Waals surface area contributed by atoms with Crippen LogP contribution < -0.4 is 15.8 Å². The second-order valence-electron chi connectivity index (χ2n) is 7.50. The van der Waals surface area contributed by atoms with Gasteiger partial charge in [0.05, 0.1) is 6.61 Å². The molecule has 3 N–H and O–H groups in total. The van der Waals surface area contributed by atoms with Gasteiger partial charge in [0.25, 0.3) is 0 Å². The number of benzene rings is 1. The Morgan fingerprint density at radius 3 is 2.32 bits per heavy atom. The Labute approximate surface area is 186 Å². The molecule has 0 bridgehead atoms. The van der Waals surface area contributed by atoms with Crippen molar-refractivity contribution in [3.63, 3.8) is 0 Å². The first kappa shape index (κ1) is 23.8. The average Bonchev–Trinajstić information content (AvgIpc) is 2.70. The molecule has 0 aliphatic carbocycles. The van der Waals surface area contributed by atoms with Crippen molar-refractivity contribution >= 4 is 23.7 Å². The topological polar surface area (TPSA) is 134 Å². The van der Waals surface area contributed by atoms with Gasteiger partial charge in [-0.05, 0) is 38.8 Å². The number of nitrogen functional groups attached to an aromatic ring is 1. The number of rotatable bonds is 7. The molecule has 0 fully saturated rings. The van der Waals surface area contributed by atoms with Crippen molar-refractivity contribution in [2.24, 2.45) is 0 Å². The van der Waals surface area contributed by atoms with Gasteiger partial charge in [0.2, 0.25) is 0 Å². The molecule has 0 saturated carbocycles. The van der Waals surface area contributed by atoms with Gasteiger partial charge in [0.15, 0.2) is 5.75 Å². The SMILES string of the molecule is CCOc1c(C#N)c(N)nc(SCc2ccc(CNC(=O)OC(C)(C)C)cc2)c1C#N. The Hall–Kier alpha value is -3.43. The van der Waals surface area contributed by atoms with Crippen molar-refractivity contribution < 1.29 is 14.3 Å². The molecule has 0 atom stereocenters. The highest BCUT2D eigenvalue weighted by Gasteiger charge is 2.20. The molecule has 0 unspecified atom stereocenters. The number of nitriles is 2. The van der Waals surface area contributed by atoms with E-state index >= 15 is 0 Å². The first-order valence-electron chi connectivity index (χ1n) is 9.62. The fraction of sp³-hybridized carbons (Fsp3) is 0.364. The number of aromatic nitrogens is 1. The molecule has 2 rings (SSSR count). The molecule has 1 aromatic carbocycles. The third-order valence-electron chi connectivity index (χ3n) is 3.89. The van der Waals surface area contributed by atoms with E-state index in [1.165, 1.54) is 11.8 Å². The highest BCUT2D eigenvalue weighted by atomic mass is 32.2. The summed E-state index contributed by atoms with van der Waals surface area (Å²) in [5, 5.41) is 22.0. The summed E-state index contributed by atoms with van der Waals surface area (Å²) in [5.74, 6) is 0.750. The molecule has 31 heavy (non-hydrogen) atoms. The highest BCUT2D eigenvalue weighted by Crippen LogP contribution is 2.35. The lowest BCUT2D eigenvalue weighted by atomic mass is 10.1. The van der Waals surface area contributed by atoms with Crippen LogP contribution in [-0.4, -0.2) is 23.3 Å². The van der Waals surface area contributed by atoms with Crippen molar-refractivity contribution in [3.05, 3.63) is 46.5 Å². The van der Waals surface area contributed by atoms with E-state index in [4.69, 9.17) is 15.2 Å². The number of pyridine rings is 1. The fourth-order valence-corrected chi connectivity index (χ4v) is 3.49. The molecule has 0 aliphatic rings. The van der Waals surface area contributed by atoms with Gasteiger partial charge in [-0.15, -0.1) is 11.8 Å². The first-order valence-corrected chi connectivity index (χ1v) is 10.6. The number of nitrogens with zero attached hydrogens (tertiary/aromatic N) is 3. The largest absolute Gasteiger partial charge is 0.491 e. The van der Waals surface area contributed by atoms with Crippen LogP contribution in [0.15, 0.2) is 29.3 Å². The van der Waals surface area contributed by atoms with Crippen molar-refractivity contribution in [3.8, 4) is 17.9 Å². The number of nitrogens with two attached hydrogens (primary N) is 1. The zero-order valence-corrected chi connectivity index (χ0v) is 18.8. The van der Waals surface area contributed by atoms with E-state index in [9.17, 15) is 15.3 Å². The Kier molecular flexibility index (Phi) is 8.12. The first-order chi connectivity index (χ1) is 14.7. The maximum atomic E-state index is 11.8. The van der Waals surface area contributed by atoms with Gasteiger partial charge in [0.1, 0.15) is 39.7 Å². The second kappa shape index (κ2) is 10.6. The number of hydrogen-bond donors (Lipinski definition) is 2. The van der Waals surface area contributed by atoms with Crippen LogP contribution in [0.3, 0.4) is 0 Å². The Balaban J connectivity index is 2.06. The molecule has 162 valence electrons. The summed E-state index contributed by atoms with van der Waals surface area (Å²) >= 11 is 1.34. The van der Waals surface area contributed by atoms with E-state index in [0.29, 0.717) is 23.9 Å². The molecule has 0 radical (unpaired) electrons. The maximum absolute atomic E-state index is 11.8. The number of amides is 1. The lowest BCUT2D eigenvalue weighted by Gasteiger charge is -2.19. The van der Waals surface area contributed by atoms with Gasteiger partial charge in [-0.2, -0.15) is 10.5 Å². The molecule has 2 aromatic rings. The van der Waals surface area contributed by atoms with E-state index < -0.39 is 11.7 Å². The van der Waals surface area contributed by atoms with Crippen molar-refractivity contribution in [1.29, 1.82) is 10.5 Å². The number of anilines is 1. The van der Waals surface area contributed by atoms with Crippen molar-refractivity contribution in [2.75, 3.05) is 12.3 Å². The molecule has 1 aromatic heterocycles. The number of carbonyl (C=O) groups excluding carboxylic acids is 1. The highest BCUT2D eigenvalue weighted by molar-refractivity contribution is 7.98. The minimum Gasteiger partial charge on any atom is -0.491 e. The van der Waals surface area contributed by atoms with Gasteiger partial charge < -0.3 is 20.5 Å². The quantitative estimate of drug-likeness (QED) is 0.615. The monoisotopic (exact) mass is 439 g/mol. The second-order valence-corrected chi connectivity index (χ2v) is 8.46. The minimum absolute atomic E-state index is 0.0380. The smallest absolute Gasteiger partial charge is 0.407 e. The molecule has 9 heteroatoms. The molecule has 8 nitrogen and oxygen atoms in total. The normalized spacial score (nSPS) is 10.6. The molecule has 1 heterocycles. The van der Waals surface area contributed by atoms with Gasteiger partial charge in [-0.25, -0.2) is 9.78 Å². The van der Waals surface area contributed by atoms with E-state index in [1.54, 1.807) is 6.92 Å². The number of hydrogen-bond acceptors (Lipinski definition) is 8. The molecule has 0 spiro atoms. The van der Waals surface area contributed by atoms with Crippen LogP contribution in [0, 0.1) is 22.7 Å². The van der Waals surface area contributed by atoms with Crippen LogP contribution in [0.4, 0.5) is 10.6 Å². The lowest BCUT2D eigenvalue weighted by Crippen LogP contribution is -2.32. The van der Waals surface area contributed by atoms with Crippen LogP contribution in [0.2, 0.25) is 0 Å². The lowest BCUT2D eigenvalue weighted by molar-refractivity contribution is 0.0523. The summed E-state index contributed by atoms with van der Waals surface area (Å²) in [7, 11) is 0. The summed E-state index contributed by atoms with van der Waals surface area (Å²) in [6, 6.07) is 11.7. The van der Waals surface area contributed by atoms with Gasteiger partial charge >= 0.3 is 6.09 Å². The molecular formula is C22H25N5O3S. The summed E-state index contributed by atoms with van der Waals surface area (Å²) in [4.78, 5) is 16.0.